The highest BCUT2D eigenvalue weighted by atomic mass is 35.5. The van der Waals surface area contributed by atoms with Crippen LogP contribution in [-0.2, 0) is 0 Å². The fourth-order valence-corrected chi connectivity index (χ4v) is 2.44. The summed E-state index contributed by atoms with van der Waals surface area (Å²) in [6.45, 7) is 0. The molecule has 2 aromatic carbocycles. The Balaban J connectivity index is 2.05. The molecule has 0 heterocycles. The number of aromatic hydroxyl groups is 1. The summed E-state index contributed by atoms with van der Waals surface area (Å²) < 4.78 is 12.9. The van der Waals surface area contributed by atoms with Crippen molar-refractivity contribution in [2.24, 2.45) is 0 Å². The molecule has 0 fully saturated rings. The number of rotatable bonds is 2. The molecule has 0 radical (unpaired) electrons. The second-order valence-electron chi connectivity index (χ2n) is 4.68. The van der Waals surface area contributed by atoms with E-state index in [9.17, 15) is 19.1 Å². The van der Waals surface area contributed by atoms with Crippen LogP contribution in [-0.4, -0.2) is 16.7 Å². The number of hydrogen-bond donors (Lipinski definition) is 2. The summed E-state index contributed by atoms with van der Waals surface area (Å²) in [4.78, 5) is 24.7. The van der Waals surface area contributed by atoms with Crippen LogP contribution >= 0.6 is 11.6 Å². The molecular weight excluding hydrogens is 309 g/mol. The maximum absolute atomic E-state index is 12.9. The van der Waals surface area contributed by atoms with Crippen molar-refractivity contribution in [2.75, 3.05) is 5.32 Å². The number of allylic oxidation sites excluding steroid dienone is 2. The largest absolute Gasteiger partial charge is 0.507 e. The molecule has 0 spiro atoms. The van der Waals surface area contributed by atoms with Crippen molar-refractivity contribution in [2.45, 2.75) is 0 Å². The molecule has 0 amide bonds. The van der Waals surface area contributed by atoms with Gasteiger partial charge >= 0.3 is 0 Å². The van der Waals surface area contributed by atoms with Crippen LogP contribution in [0.3, 0.4) is 0 Å². The number of halogens is 2. The summed E-state index contributed by atoms with van der Waals surface area (Å²) in [5.41, 5.74) is 0.275. The summed E-state index contributed by atoms with van der Waals surface area (Å²) in [5, 5.41) is 12.2. The lowest BCUT2D eigenvalue weighted by molar-refractivity contribution is 0.0979. The lowest BCUT2D eigenvalue weighted by Crippen LogP contribution is -2.24. The van der Waals surface area contributed by atoms with Crippen molar-refractivity contribution in [3.8, 4) is 5.75 Å². The lowest BCUT2D eigenvalue weighted by atomic mass is 9.91. The minimum Gasteiger partial charge on any atom is -0.507 e. The molecule has 1 aliphatic rings. The van der Waals surface area contributed by atoms with Crippen molar-refractivity contribution in [1.29, 1.82) is 0 Å². The SMILES string of the molecule is O=C1C(Nc2ccc(F)cc2)=C(Cl)C(=O)c2c(O)cccc21. The van der Waals surface area contributed by atoms with Gasteiger partial charge in [0.25, 0.3) is 0 Å². The summed E-state index contributed by atoms with van der Waals surface area (Å²) in [5.74, 6) is -1.87. The normalized spacial score (nSPS) is 14.1. The topological polar surface area (TPSA) is 66.4 Å². The molecule has 3 rings (SSSR count). The van der Waals surface area contributed by atoms with Crippen LogP contribution in [0.4, 0.5) is 10.1 Å². The number of nitrogens with one attached hydrogen (secondary N) is 1. The van der Waals surface area contributed by atoms with Crippen LogP contribution in [0.2, 0.25) is 0 Å². The Bertz CT molecular complexity index is 828. The van der Waals surface area contributed by atoms with E-state index in [1.807, 2.05) is 0 Å². The van der Waals surface area contributed by atoms with E-state index in [4.69, 9.17) is 11.6 Å². The first kappa shape index (κ1) is 14.3. The number of Topliss-reactive ketones (excluding diaryl/α,β-unsaturated/α-hetero) is 2. The number of phenols is 1. The Morgan fingerprint density at radius 2 is 1.68 bits per heavy atom. The molecule has 0 bridgehead atoms. The monoisotopic (exact) mass is 317 g/mol. The Kier molecular flexibility index (Phi) is 3.42. The Morgan fingerprint density at radius 1 is 1.00 bits per heavy atom. The summed E-state index contributed by atoms with van der Waals surface area (Å²) >= 11 is 5.97. The molecule has 0 saturated heterocycles. The maximum atomic E-state index is 12.9. The van der Waals surface area contributed by atoms with Gasteiger partial charge in [0, 0.05) is 11.3 Å². The smallest absolute Gasteiger partial charge is 0.211 e. The molecule has 0 aromatic heterocycles. The van der Waals surface area contributed by atoms with Crippen molar-refractivity contribution in [1.82, 2.24) is 0 Å². The van der Waals surface area contributed by atoms with Gasteiger partial charge in [-0.05, 0) is 36.4 Å². The highest BCUT2D eigenvalue weighted by Crippen LogP contribution is 2.33. The fraction of sp³-hybridized carbons (Fsp3) is 0. The van der Waals surface area contributed by atoms with Gasteiger partial charge in [0.05, 0.1) is 5.56 Å². The zero-order valence-electron chi connectivity index (χ0n) is 11.1. The molecule has 22 heavy (non-hydrogen) atoms. The maximum Gasteiger partial charge on any atom is 0.211 e. The Labute approximate surface area is 129 Å². The second-order valence-corrected chi connectivity index (χ2v) is 5.06. The molecule has 6 heteroatoms. The van der Waals surface area contributed by atoms with E-state index >= 15 is 0 Å². The minimum atomic E-state index is -0.640. The molecular formula is C16H9ClFNO3. The van der Waals surface area contributed by atoms with Crippen molar-refractivity contribution in [3.05, 3.63) is 70.1 Å². The third kappa shape index (κ3) is 2.25. The molecule has 0 aliphatic heterocycles. The zero-order chi connectivity index (χ0) is 15.9. The summed E-state index contributed by atoms with van der Waals surface area (Å²) in [6, 6.07) is 9.48. The number of hydrogen-bond acceptors (Lipinski definition) is 4. The second kappa shape index (κ2) is 5.27. The molecule has 1 aliphatic carbocycles. The van der Waals surface area contributed by atoms with Crippen molar-refractivity contribution < 1.29 is 19.1 Å². The first-order chi connectivity index (χ1) is 10.5. The molecule has 0 saturated carbocycles. The Hall–Kier alpha value is -2.66. The minimum absolute atomic E-state index is 0.0685. The molecule has 2 aromatic rings. The number of phenolic OH excluding ortho intramolecular Hbond substituents is 1. The van der Waals surface area contributed by atoms with E-state index < -0.39 is 17.4 Å². The van der Waals surface area contributed by atoms with Gasteiger partial charge in [0.2, 0.25) is 11.6 Å². The number of anilines is 1. The first-order valence-electron chi connectivity index (χ1n) is 6.33. The predicted molar refractivity (Wildman–Crippen MR) is 79.7 cm³/mol. The van der Waals surface area contributed by atoms with E-state index in [0.717, 1.165) is 0 Å². The third-order valence-corrected chi connectivity index (χ3v) is 3.63. The predicted octanol–water partition coefficient (Wildman–Crippen LogP) is 3.47. The van der Waals surface area contributed by atoms with Gasteiger partial charge in [-0.3, -0.25) is 9.59 Å². The third-order valence-electron chi connectivity index (χ3n) is 3.27. The van der Waals surface area contributed by atoms with Gasteiger partial charge in [0.1, 0.15) is 22.3 Å². The first-order valence-corrected chi connectivity index (χ1v) is 6.70. The van der Waals surface area contributed by atoms with Crippen LogP contribution in [0.1, 0.15) is 20.7 Å². The number of carbonyl (C=O) groups is 2. The van der Waals surface area contributed by atoms with Crippen LogP contribution < -0.4 is 5.32 Å². The lowest BCUT2D eigenvalue weighted by Gasteiger charge is -2.19. The van der Waals surface area contributed by atoms with E-state index in [1.165, 1.54) is 42.5 Å². The highest BCUT2D eigenvalue weighted by Gasteiger charge is 2.33. The molecule has 110 valence electrons. The standard InChI is InChI=1S/C16H9ClFNO3/c17-13-14(19-9-6-4-8(18)5-7-9)15(21)10-2-1-3-11(20)12(10)16(13)22/h1-7,19-20H. The molecule has 2 N–H and O–H groups in total. The molecule has 0 atom stereocenters. The Morgan fingerprint density at radius 3 is 2.36 bits per heavy atom. The average molecular weight is 318 g/mol. The van der Waals surface area contributed by atoms with Crippen LogP contribution in [0, 0.1) is 5.82 Å². The molecule has 4 nitrogen and oxygen atoms in total. The number of carbonyl (C=O) groups excluding carboxylic acids is 2. The number of fused-ring (bicyclic) bond motifs is 1. The van der Waals surface area contributed by atoms with Gasteiger partial charge in [-0.1, -0.05) is 17.7 Å². The van der Waals surface area contributed by atoms with Crippen LogP contribution in [0.15, 0.2) is 53.2 Å². The van der Waals surface area contributed by atoms with E-state index in [-0.39, 0.29) is 27.6 Å². The van der Waals surface area contributed by atoms with E-state index in [0.29, 0.717) is 5.69 Å². The summed E-state index contributed by atoms with van der Waals surface area (Å²) in [6.07, 6.45) is 0. The van der Waals surface area contributed by atoms with Crippen LogP contribution in [0.25, 0.3) is 0 Å². The number of ketones is 2. The molecule has 0 unspecified atom stereocenters. The average Bonchev–Trinajstić information content (AvgIpc) is 2.51. The van der Waals surface area contributed by atoms with Crippen molar-refractivity contribution >= 4 is 28.9 Å². The highest BCUT2D eigenvalue weighted by molar-refractivity contribution is 6.50. The zero-order valence-corrected chi connectivity index (χ0v) is 11.8. The van der Waals surface area contributed by atoms with E-state index in [2.05, 4.69) is 5.32 Å². The van der Waals surface area contributed by atoms with Gasteiger partial charge in [-0.15, -0.1) is 0 Å². The van der Waals surface area contributed by atoms with Gasteiger partial charge in [-0.2, -0.15) is 0 Å². The van der Waals surface area contributed by atoms with E-state index in [1.54, 1.807) is 0 Å². The van der Waals surface area contributed by atoms with Gasteiger partial charge in [-0.25, -0.2) is 4.39 Å². The van der Waals surface area contributed by atoms with Crippen LogP contribution in [0.5, 0.6) is 5.75 Å². The quantitative estimate of drug-likeness (QED) is 0.890. The number of benzene rings is 2. The van der Waals surface area contributed by atoms with Gasteiger partial charge < -0.3 is 10.4 Å². The van der Waals surface area contributed by atoms with Crippen molar-refractivity contribution in [3.63, 3.8) is 0 Å². The fourth-order valence-electron chi connectivity index (χ4n) is 2.21. The van der Waals surface area contributed by atoms with Gasteiger partial charge in [0.15, 0.2) is 0 Å². The summed E-state index contributed by atoms with van der Waals surface area (Å²) in [7, 11) is 0.